The minimum Gasteiger partial charge on any atom is -0.469 e. The Hall–Kier alpha value is -8.11. The standard InChI is InChI=1S/C65H9NO2/c1-68-5(67)3-2-4-66-64-60-52-44-34-24-16-8-6-7-10-14-12(8)20-28-22(14)32-26-18(10)19-11(7)15-13-9(6)17(16)25-31-21(13)29-23(15)33-27(19)37-36(26)46-40(32)50-42(28)48(38(44)30(20)24)56(60)58(50)62-54(46)55-47(37)41(33)51-43(29)49-39(31)45(35(25)34)53(52)61(64)57(49)59(51)63(55)65(62,64)66/h2-4H2,1H3. The van der Waals surface area contributed by atoms with E-state index in [1.165, 1.54) is 0 Å². The summed E-state index contributed by atoms with van der Waals surface area (Å²) in [7, 11) is 1.57. The molecule has 0 aromatic heterocycles. The Bertz CT molecular complexity index is 6560. The summed E-state index contributed by atoms with van der Waals surface area (Å²) in [5.74, 6) is -0.0816. The Labute approximate surface area is 369 Å². The first-order valence-corrected chi connectivity index (χ1v) is 25.4. The van der Waals surface area contributed by atoms with Crippen molar-refractivity contribution in [3.05, 3.63) is 22.3 Å². The lowest BCUT2D eigenvalue weighted by molar-refractivity contribution is -0.140. The van der Waals surface area contributed by atoms with E-state index in [1.807, 2.05) is 0 Å². The summed E-state index contributed by atoms with van der Waals surface area (Å²) in [5, 5.41) is 88.4. The van der Waals surface area contributed by atoms with Gasteiger partial charge in [0.05, 0.1) is 7.11 Å². The van der Waals surface area contributed by atoms with Gasteiger partial charge in [0.1, 0.15) is 11.1 Å². The van der Waals surface area contributed by atoms with E-state index in [4.69, 9.17) is 4.74 Å². The number of hydrogen-bond acceptors (Lipinski definition) is 3. The van der Waals surface area contributed by atoms with Crippen LogP contribution in [0, 0.1) is 0 Å². The minimum atomic E-state index is -0.311. The predicted molar refractivity (Wildman–Crippen MR) is 282 cm³/mol. The van der Waals surface area contributed by atoms with E-state index in [0.29, 0.717) is 6.42 Å². The van der Waals surface area contributed by atoms with Crippen LogP contribution >= 0.6 is 0 Å². The van der Waals surface area contributed by atoms with E-state index in [2.05, 4.69) is 4.90 Å². The van der Waals surface area contributed by atoms with Crippen LogP contribution in [0.4, 0.5) is 0 Å². The van der Waals surface area contributed by atoms with E-state index in [0.717, 1.165) is 13.0 Å². The molecule has 3 heteroatoms. The monoisotopic (exact) mass is 835 g/mol. The zero-order valence-electron chi connectivity index (χ0n) is 34.9. The Kier molecular flexibility index (Phi) is 2.07. The first kappa shape index (κ1) is 25.1. The fourth-order valence-electron chi connectivity index (χ4n) is 24.9. The van der Waals surface area contributed by atoms with Crippen LogP contribution in [0.2, 0.25) is 0 Å². The smallest absolute Gasteiger partial charge is 0.305 e. The second-order valence-electron chi connectivity index (χ2n) is 25.0. The molecule has 5 aliphatic rings. The first-order chi connectivity index (χ1) is 33.8. The Balaban J connectivity index is 1.16. The lowest BCUT2D eigenvalue weighted by Crippen LogP contribution is -2.27. The zero-order chi connectivity index (χ0) is 40.5. The van der Waals surface area contributed by atoms with Gasteiger partial charge in [-0.05, 0) is 320 Å². The SMILES string of the molecule is COC(=O)CCCN1C23c4c5c6c7c8c9c(c%10c%11c2c2c4c4c%12c5c5c6c6c8c8c%13c9c9c%10c%10c%11c%11c2c2c4c4c%12c%12c5c5c6c8c6c8c%13c9c9c%10c%10c%11c2c2c4c4c%12c5c6c5c8c9c%10c2c45)C713. The van der Waals surface area contributed by atoms with Crippen LogP contribution in [0.5, 0.6) is 0 Å². The summed E-state index contributed by atoms with van der Waals surface area (Å²) in [5.41, 5.74) is 6.12. The van der Waals surface area contributed by atoms with Gasteiger partial charge < -0.3 is 4.74 Å². The average Bonchev–Trinajstić information content (AvgIpc) is 4.30. The summed E-state index contributed by atoms with van der Waals surface area (Å²) in [4.78, 5) is 16.3. The van der Waals surface area contributed by atoms with Gasteiger partial charge >= 0.3 is 5.97 Å². The van der Waals surface area contributed by atoms with Crippen molar-refractivity contribution in [1.29, 1.82) is 0 Å². The molecule has 0 atom stereocenters. The molecule has 1 saturated heterocycles. The fourth-order valence-corrected chi connectivity index (χ4v) is 24.9. The average molecular weight is 836 g/mol. The third-order valence-electron chi connectivity index (χ3n) is 25.0. The molecule has 28 aromatic rings. The first-order valence-electron chi connectivity index (χ1n) is 25.4. The molecule has 0 bridgehead atoms. The number of nitrogens with zero attached hydrogens (tertiary/aromatic N) is 1. The summed E-state index contributed by atoms with van der Waals surface area (Å²) >= 11 is 0. The third-order valence-corrected chi connectivity index (χ3v) is 25.0. The molecule has 286 valence electrons. The lowest BCUT2D eigenvalue weighted by Gasteiger charge is -2.30. The zero-order valence-corrected chi connectivity index (χ0v) is 34.9. The maximum atomic E-state index is 13.2. The van der Waals surface area contributed by atoms with Gasteiger partial charge in [0.15, 0.2) is 0 Å². The van der Waals surface area contributed by atoms with Gasteiger partial charge in [-0.1, -0.05) is 0 Å². The molecule has 0 unspecified atom stereocenters. The Morgan fingerprint density at radius 1 is 0.279 bits per heavy atom. The van der Waals surface area contributed by atoms with Crippen LogP contribution in [0.25, 0.3) is 291 Å². The lowest BCUT2D eigenvalue weighted by atomic mass is 9.68. The van der Waals surface area contributed by atoms with Crippen LogP contribution in [0.1, 0.15) is 35.1 Å². The van der Waals surface area contributed by atoms with Crippen molar-refractivity contribution in [2.45, 2.75) is 23.9 Å². The van der Waals surface area contributed by atoms with Crippen molar-refractivity contribution in [2.75, 3.05) is 13.7 Å². The van der Waals surface area contributed by atoms with E-state index in [1.54, 1.807) is 320 Å². The van der Waals surface area contributed by atoms with Gasteiger partial charge in [0, 0.05) is 13.0 Å². The molecule has 0 N–H and O–H groups in total. The molecular weight excluding hydrogens is 827 g/mol. The Morgan fingerprint density at radius 3 is 0.574 bits per heavy atom. The van der Waals surface area contributed by atoms with E-state index in [9.17, 15) is 4.79 Å². The van der Waals surface area contributed by atoms with Gasteiger partial charge in [-0.3, -0.25) is 9.69 Å². The molecule has 0 amide bonds. The highest BCUT2D eigenvalue weighted by Crippen LogP contribution is 2.90. The molecule has 1 aliphatic heterocycles. The van der Waals surface area contributed by atoms with Crippen LogP contribution in [-0.2, 0) is 20.6 Å². The van der Waals surface area contributed by atoms with Crippen LogP contribution in [0.3, 0.4) is 0 Å². The topological polar surface area (TPSA) is 29.3 Å². The van der Waals surface area contributed by atoms with E-state index >= 15 is 0 Å². The number of carbonyl (C=O) groups excluding carboxylic acids is 1. The van der Waals surface area contributed by atoms with Crippen LogP contribution in [0.15, 0.2) is 0 Å². The maximum absolute atomic E-state index is 13.2. The summed E-state index contributed by atoms with van der Waals surface area (Å²) in [6, 6.07) is 0. The van der Waals surface area contributed by atoms with Gasteiger partial charge in [-0.2, -0.15) is 0 Å². The maximum Gasteiger partial charge on any atom is 0.305 e. The highest BCUT2D eigenvalue weighted by Gasteiger charge is 2.85. The summed E-state index contributed by atoms with van der Waals surface area (Å²) < 4.78 is 5.40. The van der Waals surface area contributed by atoms with Gasteiger partial charge in [0.2, 0.25) is 0 Å². The molecule has 1 fully saturated rings. The number of carbonyl (C=O) groups is 1. The fraction of sp³-hybridized carbons (Fsp3) is 0.0923. The van der Waals surface area contributed by atoms with E-state index in [-0.39, 0.29) is 17.0 Å². The third kappa shape index (κ3) is 1.28. The normalized spacial score (nSPS) is 23.6. The second kappa shape index (κ2) is 5.59. The van der Waals surface area contributed by atoms with Gasteiger partial charge in [-0.15, -0.1) is 0 Å². The molecule has 2 spiro atoms. The van der Waals surface area contributed by atoms with Crippen molar-refractivity contribution in [2.24, 2.45) is 0 Å². The largest absolute Gasteiger partial charge is 0.469 e. The van der Waals surface area contributed by atoms with Crippen LogP contribution in [-0.4, -0.2) is 24.5 Å². The minimum absolute atomic E-state index is 0.0816. The molecule has 4 aliphatic carbocycles. The quantitative estimate of drug-likeness (QED) is 0.100. The van der Waals surface area contributed by atoms with Gasteiger partial charge in [0.25, 0.3) is 0 Å². The van der Waals surface area contributed by atoms with Crippen LogP contribution < -0.4 is 0 Å². The highest BCUT2D eigenvalue weighted by molar-refractivity contribution is 6.82. The molecule has 33 rings (SSSR count). The molecule has 1 heterocycles. The molecule has 68 heavy (non-hydrogen) atoms. The number of benzene rings is 18. The van der Waals surface area contributed by atoms with Crippen molar-refractivity contribution in [3.63, 3.8) is 0 Å². The molecule has 0 saturated carbocycles. The number of esters is 1. The van der Waals surface area contributed by atoms with Crippen molar-refractivity contribution in [3.8, 4) is 0 Å². The summed E-state index contributed by atoms with van der Waals surface area (Å²) in [6.45, 7) is 0.882. The van der Waals surface area contributed by atoms with E-state index < -0.39 is 0 Å². The molecular formula is C65H9NO2. The molecule has 28 aromatic carbocycles. The van der Waals surface area contributed by atoms with Gasteiger partial charge in [-0.25, -0.2) is 0 Å². The number of rotatable bonds is 4. The highest BCUT2D eigenvalue weighted by atomic mass is 16.5. The molecule has 3 nitrogen and oxygen atoms in total. The Morgan fingerprint density at radius 2 is 0.426 bits per heavy atom. The van der Waals surface area contributed by atoms with Crippen molar-refractivity contribution in [1.82, 2.24) is 4.90 Å². The second-order valence-corrected chi connectivity index (χ2v) is 25.0. The van der Waals surface area contributed by atoms with Crippen molar-refractivity contribution < 1.29 is 9.53 Å². The number of ether oxygens (including phenoxy) is 1. The predicted octanol–water partition coefficient (Wildman–Crippen LogP) is 16.5. The molecule has 0 radical (unpaired) electrons. The van der Waals surface area contributed by atoms with Crippen molar-refractivity contribution >= 4 is 297 Å². The number of methoxy groups -OCH3 is 1. The number of hydrogen-bond donors (Lipinski definition) is 0. The summed E-state index contributed by atoms with van der Waals surface area (Å²) in [6.07, 6.45) is 1.26.